The molecular formula is C15H33N5O. The van der Waals surface area contributed by atoms with Gasteiger partial charge in [0.1, 0.15) is 0 Å². The summed E-state index contributed by atoms with van der Waals surface area (Å²) in [6.07, 6.45) is 0.994. The van der Waals surface area contributed by atoms with Crippen LogP contribution in [0, 0.1) is 5.92 Å². The Hall–Kier alpha value is -0.850. The molecule has 6 nitrogen and oxygen atoms in total. The molecule has 2 N–H and O–H groups in total. The quantitative estimate of drug-likeness (QED) is 0.377. The van der Waals surface area contributed by atoms with Crippen molar-refractivity contribution < 1.29 is 4.74 Å². The van der Waals surface area contributed by atoms with Crippen LogP contribution in [0.1, 0.15) is 13.3 Å². The van der Waals surface area contributed by atoms with Crippen LogP contribution in [0.3, 0.4) is 0 Å². The van der Waals surface area contributed by atoms with Gasteiger partial charge in [0, 0.05) is 66.6 Å². The van der Waals surface area contributed by atoms with E-state index in [-0.39, 0.29) is 0 Å². The number of methoxy groups -OCH3 is 1. The van der Waals surface area contributed by atoms with Gasteiger partial charge in [-0.25, -0.2) is 0 Å². The number of hydrogen-bond acceptors (Lipinski definition) is 4. The van der Waals surface area contributed by atoms with Crippen molar-refractivity contribution in [3.05, 3.63) is 0 Å². The van der Waals surface area contributed by atoms with E-state index in [9.17, 15) is 0 Å². The SMILES string of the molecule is CN=C(NCCCOC)NCC(C)CN1CCN(C)CC1. The van der Waals surface area contributed by atoms with Gasteiger partial charge in [0.05, 0.1) is 0 Å². The normalized spacial score (nSPS) is 19.5. The fraction of sp³-hybridized carbons (Fsp3) is 0.933. The molecule has 0 amide bonds. The lowest BCUT2D eigenvalue weighted by molar-refractivity contribution is 0.139. The third-order valence-electron chi connectivity index (χ3n) is 3.83. The first kappa shape index (κ1) is 18.2. The van der Waals surface area contributed by atoms with E-state index >= 15 is 0 Å². The number of ether oxygens (including phenoxy) is 1. The molecule has 1 aliphatic heterocycles. The van der Waals surface area contributed by atoms with E-state index in [1.165, 1.54) is 26.2 Å². The maximum absolute atomic E-state index is 5.04. The van der Waals surface area contributed by atoms with Gasteiger partial charge in [0.25, 0.3) is 0 Å². The average Bonchev–Trinajstić information content (AvgIpc) is 2.49. The Morgan fingerprint density at radius 1 is 1.24 bits per heavy atom. The molecule has 0 saturated carbocycles. The summed E-state index contributed by atoms with van der Waals surface area (Å²) in [5.41, 5.74) is 0. The van der Waals surface area contributed by atoms with Crippen molar-refractivity contribution in [3.63, 3.8) is 0 Å². The molecule has 1 rings (SSSR count). The molecule has 1 fully saturated rings. The molecule has 21 heavy (non-hydrogen) atoms. The third kappa shape index (κ3) is 8.24. The zero-order valence-corrected chi connectivity index (χ0v) is 14.2. The Balaban J connectivity index is 2.14. The van der Waals surface area contributed by atoms with E-state index in [1.807, 2.05) is 7.05 Å². The van der Waals surface area contributed by atoms with Crippen LogP contribution in [0.2, 0.25) is 0 Å². The second-order valence-electron chi connectivity index (χ2n) is 5.94. The molecule has 1 aliphatic rings. The second kappa shape index (κ2) is 10.8. The molecule has 0 aliphatic carbocycles. The van der Waals surface area contributed by atoms with Crippen LogP contribution in [0.5, 0.6) is 0 Å². The number of piperazine rings is 1. The number of likely N-dealkylation sites (N-methyl/N-ethyl adjacent to an activating group) is 1. The largest absolute Gasteiger partial charge is 0.385 e. The first-order valence-corrected chi connectivity index (χ1v) is 8.00. The summed E-state index contributed by atoms with van der Waals surface area (Å²) >= 11 is 0. The maximum Gasteiger partial charge on any atom is 0.190 e. The smallest absolute Gasteiger partial charge is 0.190 e. The van der Waals surface area contributed by atoms with E-state index in [2.05, 4.69) is 39.4 Å². The number of hydrogen-bond donors (Lipinski definition) is 2. The van der Waals surface area contributed by atoms with E-state index in [1.54, 1.807) is 7.11 Å². The van der Waals surface area contributed by atoms with Crippen LogP contribution in [-0.4, -0.2) is 89.4 Å². The Kier molecular flexibility index (Phi) is 9.37. The van der Waals surface area contributed by atoms with Gasteiger partial charge in [0.15, 0.2) is 5.96 Å². The molecule has 1 saturated heterocycles. The summed E-state index contributed by atoms with van der Waals surface area (Å²) < 4.78 is 5.04. The summed E-state index contributed by atoms with van der Waals surface area (Å²) in [7, 11) is 5.74. The van der Waals surface area contributed by atoms with Gasteiger partial charge in [-0.05, 0) is 19.4 Å². The highest BCUT2D eigenvalue weighted by Gasteiger charge is 2.16. The molecule has 6 heteroatoms. The van der Waals surface area contributed by atoms with Crippen molar-refractivity contribution in [1.82, 2.24) is 20.4 Å². The predicted molar refractivity (Wildman–Crippen MR) is 89.0 cm³/mol. The molecule has 124 valence electrons. The highest BCUT2D eigenvalue weighted by Crippen LogP contribution is 2.03. The van der Waals surface area contributed by atoms with Crippen LogP contribution in [0.25, 0.3) is 0 Å². The summed E-state index contributed by atoms with van der Waals surface area (Å²) in [6, 6.07) is 0. The fourth-order valence-corrected chi connectivity index (χ4v) is 2.45. The molecule has 0 aromatic rings. The second-order valence-corrected chi connectivity index (χ2v) is 5.94. The summed E-state index contributed by atoms with van der Waals surface area (Å²) in [5.74, 6) is 1.50. The van der Waals surface area contributed by atoms with Gasteiger partial charge < -0.3 is 25.2 Å². The van der Waals surface area contributed by atoms with Gasteiger partial charge in [-0.3, -0.25) is 4.99 Å². The molecule has 1 heterocycles. The van der Waals surface area contributed by atoms with Gasteiger partial charge in [-0.15, -0.1) is 0 Å². The molecule has 0 spiro atoms. The zero-order chi connectivity index (χ0) is 15.5. The minimum absolute atomic E-state index is 0.617. The minimum atomic E-state index is 0.617. The molecule has 0 radical (unpaired) electrons. The van der Waals surface area contributed by atoms with Gasteiger partial charge >= 0.3 is 0 Å². The van der Waals surface area contributed by atoms with Gasteiger partial charge in [-0.2, -0.15) is 0 Å². The van der Waals surface area contributed by atoms with Crippen molar-refractivity contribution in [2.75, 3.05) is 73.6 Å². The Morgan fingerprint density at radius 3 is 2.57 bits per heavy atom. The summed E-state index contributed by atoms with van der Waals surface area (Å²) in [5, 5.41) is 6.71. The number of nitrogens with one attached hydrogen (secondary N) is 2. The standard InChI is InChI=1S/C15H33N5O/c1-14(13-20-9-7-19(3)8-10-20)12-18-15(16-2)17-6-5-11-21-4/h14H,5-13H2,1-4H3,(H2,16,17,18). The molecule has 0 bridgehead atoms. The number of guanidine groups is 1. The van der Waals surface area contributed by atoms with Gasteiger partial charge in [0.2, 0.25) is 0 Å². The molecule has 1 atom stereocenters. The lowest BCUT2D eigenvalue weighted by Gasteiger charge is -2.34. The summed E-state index contributed by atoms with van der Waals surface area (Å²) in [4.78, 5) is 9.20. The van der Waals surface area contributed by atoms with Crippen molar-refractivity contribution in [2.45, 2.75) is 13.3 Å². The van der Waals surface area contributed by atoms with Crippen LogP contribution in [0.4, 0.5) is 0 Å². The Labute approximate surface area is 129 Å². The van der Waals surface area contributed by atoms with Crippen molar-refractivity contribution in [1.29, 1.82) is 0 Å². The maximum atomic E-state index is 5.04. The highest BCUT2D eigenvalue weighted by molar-refractivity contribution is 5.79. The monoisotopic (exact) mass is 299 g/mol. The van der Waals surface area contributed by atoms with Crippen LogP contribution < -0.4 is 10.6 Å². The zero-order valence-electron chi connectivity index (χ0n) is 14.2. The topological polar surface area (TPSA) is 52.1 Å². The van der Waals surface area contributed by atoms with Crippen LogP contribution in [0.15, 0.2) is 4.99 Å². The first-order chi connectivity index (χ1) is 10.2. The lowest BCUT2D eigenvalue weighted by Crippen LogP contribution is -2.47. The lowest BCUT2D eigenvalue weighted by atomic mass is 10.1. The number of aliphatic imine (C=N–C) groups is 1. The fourth-order valence-electron chi connectivity index (χ4n) is 2.45. The van der Waals surface area contributed by atoms with Crippen molar-refractivity contribution >= 4 is 5.96 Å². The van der Waals surface area contributed by atoms with E-state index in [0.717, 1.165) is 38.6 Å². The van der Waals surface area contributed by atoms with Crippen molar-refractivity contribution in [2.24, 2.45) is 10.9 Å². The predicted octanol–water partition coefficient (Wildman–Crippen LogP) is 0.0714. The minimum Gasteiger partial charge on any atom is -0.385 e. The van der Waals surface area contributed by atoms with Crippen LogP contribution in [-0.2, 0) is 4.74 Å². The van der Waals surface area contributed by atoms with Crippen LogP contribution >= 0.6 is 0 Å². The third-order valence-corrected chi connectivity index (χ3v) is 3.83. The van der Waals surface area contributed by atoms with E-state index in [0.29, 0.717) is 5.92 Å². The molecular weight excluding hydrogens is 266 g/mol. The van der Waals surface area contributed by atoms with E-state index in [4.69, 9.17) is 4.74 Å². The molecule has 0 aromatic heterocycles. The van der Waals surface area contributed by atoms with E-state index < -0.39 is 0 Å². The van der Waals surface area contributed by atoms with Gasteiger partial charge in [-0.1, -0.05) is 6.92 Å². The molecule has 0 aromatic carbocycles. The highest BCUT2D eigenvalue weighted by atomic mass is 16.5. The Bertz CT molecular complexity index is 290. The van der Waals surface area contributed by atoms with Crippen molar-refractivity contribution in [3.8, 4) is 0 Å². The molecule has 1 unspecified atom stereocenters. The number of nitrogens with zero attached hydrogens (tertiary/aromatic N) is 3. The first-order valence-electron chi connectivity index (χ1n) is 8.00. The Morgan fingerprint density at radius 2 is 1.95 bits per heavy atom. The number of rotatable bonds is 8. The average molecular weight is 299 g/mol. The summed E-state index contributed by atoms with van der Waals surface area (Å²) in [6.45, 7) is 10.8.